The summed E-state index contributed by atoms with van der Waals surface area (Å²) in [4.78, 5) is 3.43. The van der Waals surface area contributed by atoms with Crippen molar-refractivity contribution in [2.45, 2.75) is 38.9 Å². The summed E-state index contributed by atoms with van der Waals surface area (Å²) in [6, 6.07) is 20.6. The smallest absolute Gasteiger partial charge is 0.103 e. The second kappa shape index (κ2) is 7.76. The number of aryl methyl sites for hydroxylation is 1. The molecular weight excluding hydrogens is 280 g/mol. The van der Waals surface area contributed by atoms with Gasteiger partial charge in [-0.3, -0.25) is 0 Å². The lowest BCUT2D eigenvalue weighted by Gasteiger charge is -2.32. The summed E-state index contributed by atoms with van der Waals surface area (Å²) in [5.41, 5.74) is 4.42. The van der Waals surface area contributed by atoms with Crippen LogP contribution in [0.5, 0.6) is 0 Å². The van der Waals surface area contributed by atoms with Gasteiger partial charge in [0.2, 0.25) is 0 Å². The predicted octanol–water partition coefficient (Wildman–Crippen LogP) is 1.26. The number of benzene rings is 2. The third-order valence-corrected chi connectivity index (χ3v) is 5.42. The minimum absolute atomic E-state index is 0.816. The van der Waals surface area contributed by atoms with Gasteiger partial charge in [-0.25, -0.2) is 0 Å². The van der Waals surface area contributed by atoms with Crippen molar-refractivity contribution in [3.8, 4) is 0 Å². The van der Waals surface area contributed by atoms with Gasteiger partial charge in [-0.2, -0.15) is 0 Å². The van der Waals surface area contributed by atoms with Crippen LogP contribution in [0.15, 0.2) is 54.6 Å². The number of nitrogens with one attached hydrogen (secondary N) is 2. The zero-order chi connectivity index (χ0) is 16.1. The average Bonchev–Trinajstić information content (AvgIpc) is 2.58. The molecule has 122 valence electrons. The summed E-state index contributed by atoms with van der Waals surface area (Å²) in [5, 5.41) is 0. The minimum Gasteiger partial charge on any atom is -0.331 e. The number of hydrogen-bond acceptors (Lipinski definition) is 0. The topological polar surface area (TPSA) is 8.88 Å². The van der Waals surface area contributed by atoms with Gasteiger partial charge in [0.25, 0.3) is 0 Å². The second-order valence-corrected chi connectivity index (χ2v) is 7.14. The molecule has 1 fully saturated rings. The van der Waals surface area contributed by atoms with E-state index in [0.717, 1.165) is 12.6 Å². The van der Waals surface area contributed by atoms with Crippen LogP contribution in [0.4, 0.5) is 0 Å². The van der Waals surface area contributed by atoms with E-state index in [1.807, 2.05) is 0 Å². The molecule has 0 spiro atoms. The lowest BCUT2D eigenvalue weighted by Crippen LogP contribution is -3.18. The highest BCUT2D eigenvalue weighted by atomic mass is 15.2. The molecule has 2 heteroatoms. The van der Waals surface area contributed by atoms with Gasteiger partial charge in [0.15, 0.2) is 0 Å². The average molecular weight is 310 g/mol. The second-order valence-electron chi connectivity index (χ2n) is 7.14. The fraction of sp³-hybridized carbons (Fsp3) is 0.429. The van der Waals surface area contributed by atoms with E-state index < -0.39 is 0 Å². The first-order chi connectivity index (χ1) is 11.2. The van der Waals surface area contributed by atoms with E-state index in [1.54, 1.807) is 9.80 Å². The fourth-order valence-corrected chi connectivity index (χ4v) is 3.84. The van der Waals surface area contributed by atoms with Crippen molar-refractivity contribution in [2.24, 2.45) is 0 Å². The third kappa shape index (κ3) is 4.43. The molecule has 1 saturated heterocycles. The van der Waals surface area contributed by atoms with Gasteiger partial charge in [0.1, 0.15) is 13.1 Å². The normalized spacial score (nSPS) is 22.7. The van der Waals surface area contributed by atoms with Crippen LogP contribution >= 0.6 is 0 Å². The Kier molecular flexibility index (Phi) is 5.47. The van der Waals surface area contributed by atoms with E-state index in [1.165, 1.54) is 49.2 Å². The van der Waals surface area contributed by atoms with Crippen LogP contribution in [0.1, 0.15) is 29.5 Å². The van der Waals surface area contributed by atoms with Crippen molar-refractivity contribution in [2.75, 3.05) is 20.1 Å². The molecule has 0 amide bonds. The maximum absolute atomic E-state index is 2.37. The maximum Gasteiger partial charge on any atom is 0.103 e. The summed E-state index contributed by atoms with van der Waals surface area (Å²) in [6.45, 7) is 7.20. The fourth-order valence-electron chi connectivity index (χ4n) is 3.84. The van der Waals surface area contributed by atoms with Gasteiger partial charge in [-0.15, -0.1) is 0 Å². The van der Waals surface area contributed by atoms with Crippen LogP contribution in [0.3, 0.4) is 0 Å². The molecule has 3 rings (SSSR count). The van der Waals surface area contributed by atoms with Crippen LogP contribution in [0.2, 0.25) is 0 Å². The molecule has 1 atom stereocenters. The van der Waals surface area contributed by atoms with Crippen molar-refractivity contribution < 1.29 is 9.80 Å². The Labute approximate surface area is 140 Å². The Balaban J connectivity index is 1.49. The molecular formula is C21H30N2+2. The van der Waals surface area contributed by atoms with Gasteiger partial charge in [-0.05, 0) is 12.5 Å². The van der Waals surface area contributed by atoms with Crippen LogP contribution in [-0.2, 0) is 13.1 Å². The Morgan fingerprint density at radius 1 is 0.957 bits per heavy atom. The molecule has 0 aliphatic carbocycles. The van der Waals surface area contributed by atoms with Crippen molar-refractivity contribution in [3.05, 3.63) is 71.3 Å². The van der Waals surface area contributed by atoms with Crippen molar-refractivity contribution >= 4 is 0 Å². The molecule has 2 aromatic carbocycles. The quantitative estimate of drug-likeness (QED) is 0.823. The lowest BCUT2D eigenvalue weighted by atomic mass is 10.0. The molecule has 2 aromatic rings. The molecule has 0 bridgehead atoms. The highest BCUT2D eigenvalue weighted by Crippen LogP contribution is 2.06. The van der Waals surface area contributed by atoms with Crippen LogP contribution in [0.25, 0.3) is 0 Å². The van der Waals surface area contributed by atoms with E-state index in [4.69, 9.17) is 0 Å². The SMILES string of the molecule is Cc1ccccc1C[NH+]1CCC([NH+](C)Cc2ccccc2)CC1. The van der Waals surface area contributed by atoms with Crippen LogP contribution in [-0.4, -0.2) is 26.2 Å². The first-order valence-corrected chi connectivity index (χ1v) is 8.96. The summed E-state index contributed by atoms with van der Waals surface area (Å²) in [5.74, 6) is 0. The zero-order valence-electron chi connectivity index (χ0n) is 14.5. The monoisotopic (exact) mass is 310 g/mol. The van der Waals surface area contributed by atoms with Crippen LogP contribution < -0.4 is 9.80 Å². The van der Waals surface area contributed by atoms with Gasteiger partial charge in [0, 0.05) is 24.0 Å². The Hall–Kier alpha value is -1.64. The lowest BCUT2D eigenvalue weighted by molar-refractivity contribution is -0.960. The van der Waals surface area contributed by atoms with E-state index in [0.29, 0.717) is 0 Å². The zero-order valence-corrected chi connectivity index (χ0v) is 14.5. The molecule has 0 radical (unpaired) electrons. The molecule has 1 aliphatic heterocycles. The molecule has 2 N–H and O–H groups in total. The number of hydrogen-bond donors (Lipinski definition) is 2. The van der Waals surface area contributed by atoms with Crippen molar-refractivity contribution in [1.29, 1.82) is 0 Å². The molecule has 1 heterocycles. The summed E-state index contributed by atoms with van der Waals surface area (Å²) >= 11 is 0. The minimum atomic E-state index is 0.816. The van der Waals surface area contributed by atoms with Gasteiger partial charge in [-0.1, -0.05) is 54.6 Å². The van der Waals surface area contributed by atoms with Gasteiger partial charge >= 0.3 is 0 Å². The van der Waals surface area contributed by atoms with E-state index in [9.17, 15) is 0 Å². The third-order valence-electron chi connectivity index (χ3n) is 5.42. The predicted molar refractivity (Wildman–Crippen MR) is 95.6 cm³/mol. The Morgan fingerprint density at radius 3 is 2.30 bits per heavy atom. The largest absolute Gasteiger partial charge is 0.331 e. The number of rotatable bonds is 5. The summed E-state index contributed by atoms with van der Waals surface area (Å²) in [7, 11) is 2.37. The van der Waals surface area contributed by atoms with Crippen LogP contribution in [0, 0.1) is 6.92 Å². The number of piperidine rings is 1. The maximum atomic E-state index is 2.37. The van der Waals surface area contributed by atoms with Gasteiger partial charge in [0.05, 0.1) is 26.2 Å². The van der Waals surface area contributed by atoms with Crippen molar-refractivity contribution in [3.63, 3.8) is 0 Å². The summed E-state index contributed by atoms with van der Waals surface area (Å²) < 4.78 is 0. The highest BCUT2D eigenvalue weighted by Gasteiger charge is 2.28. The standard InChI is InChI=1S/C21H28N2/c1-18-8-6-7-11-20(18)17-23-14-12-21(13-15-23)22(2)16-19-9-4-3-5-10-19/h3-11,21H,12-17H2,1-2H3/p+2. The number of quaternary nitrogens is 2. The molecule has 1 unspecified atom stereocenters. The van der Waals surface area contributed by atoms with Crippen molar-refractivity contribution in [1.82, 2.24) is 0 Å². The highest BCUT2D eigenvalue weighted by molar-refractivity contribution is 5.24. The first-order valence-electron chi connectivity index (χ1n) is 8.96. The molecule has 0 aromatic heterocycles. The van der Waals surface area contributed by atoms with Gasteiger partial charge < -0.3 is 9.80 Å². The Bertz CT molecular complexity index is 600. The number of likely N-dealkylation sites (tertiary alicyclic amines) is 1. The molecule has 0 saturated carbocycles. The van der Waals surface area contributed by atoms with E-state index >= 15 is 0 Å². The molecule has 23 heavy (non-hydrogen) atoms. The first kappa shape index (κ1) is 16.2. The molecule has 1 aliphatic rings. The summed E-state index contributed by atoms with van der Waals surface area (Å²) in [6.07, 6.45) is 2.69. The Morgan fingerprint density at radius 2 is 1.61 bits per heavy atom. The van der Waals surface area contributed by atoms with E-state index in [-0.39, 0.29) is 0 Å². The molecule has 2 nitrogen and oxygen atoms in total. The van der Waals surface area contributed by atoms with E-state index in [2.05, 4.69) is 68.6 Å².